The minimum atomic E-state index is 0.616. The van der Waals surface area contributed by atoms with E-state index in [0.717, 1.165) is 32.0 Å². The fourth-order valence-corrected chi connectivity index (χ4v) is 2.16. The van der Waals surface area contributed by atoms with Gasteiger partial charge in [-0.3, -0.25) is 0 Å². The third-order valence-corrected chi connectivity index (χ3v) is 3.09. The van der Waals surface area contributed by atoms with E-state index in [0.29, 0.717) is 6.04 Å². The van der Waals surface area contributed by atoms with Gasteiger partial charge < -0.3 is 15.4 Å². The second-order valence-electron chi connectivity index (χ2n) is 4.66. The molecule has 1 aromatic carbocycles. The van der Waals surface area contributed by atoms with Gasteiger partial charge in [-0.15, -0.1) is 0 Å². The van der Waals surface area contributed by atoms with E-state index >= 15 is 0 Å². The van der Waals surface area contributed by atoms with Crippen LogP contribution in [0, 0.1) is 6.92 Å². The Bertz CT molecular complexity index is 335. The van der Waals surface area contributed by atoms with Crippen LogP contribution < -0.4 is 15.4 Å². The summed E-state index contributed by atoms with van der Waals surface area (Å²) < 4.78 is 5.69. The number of aryl methyl sites for hydroxylation is 1. The minimum absolute atomic E-state index is 0.616. The summed E-state index contributed by atoms with van der Waals surface area (Å²) >= 11 is 0. The average Bonchev–Trinajstić information content (AvgIpc) is 2.36. The van der Waals surface area contributed by atoms with Crippen molar-refractivity contribution in [3.05, 3.63) is 29.8 Å². The van der Waals surface area contributed by atoms with Crippen molar-refractivity contribution >= 4 is 0 Å². The van der Waals surface area contributed by atoms with E-state index in [1.165, 1.54) is 18.4 Å². The Morgan fingerprint density at radius 3 is 3.18 bits per heavy atom. The number of rotatable bonds is 5. The molecule has 1 unspecified atom stereocenters. The summed E-state index contributed by atoms with van der Waals surface area (Å²) in [6.07, 6.45) is 2.55. The molecule has 1 heterocycles. The van der Waals surface area contributed by atoms with E-state index in [1.807, 2.05) is 12.1 Å². The maximum Gasteiger partial charge on any atom is 0.119 e. The van der Waals surface area contributed by atoms with Crippen LogP contribution in [0.15, 0.2) is 24.3 Å². The zero-order valence-electron chi connectivity index (χ0n) is 10.5. The van der Waals surface area contributed by atoms with E-state index in [2.05, 4.69) is 29.7 Å². The summed E-state index contributed by atoms with van der Waals surface area (Å²) in [4.78, 5) is 0. The van der Waals surface area contributed by atoms with Crippen LogP contribution in [0.4, 0.5) is 0 Å². The Hall–Kier alpha value is -1.06. The number of piperidine rings is 1. The first kappa shape index (κ1) is 12.4. The van der Waals surface area contributed by atoms with Gasteiger partial charge in [-0.05, 0) is 44.0 Å². The summed E-state index contributed by atoms with van der Waals surface area (Å²) in [5.74, 6) is 0.966. The van der Waals surface area contributed by atoms with Crippen LogP contribution in [0.1, 0.15) is 18.4 Å². The van der Waals surface area contributed by atoms with Crippen LogP contribution in [-0.4, -0.2) is 32.3 Å². The molecule has 0 amide bonds. The van der Waals surface area contributed by atoms with Gasteiger partial charge in [0.05, 0.1) is 0 Å². The lowest BCUT2D eigenvalue weighted by Gasteiger charge is -2.23. The van der Waals surface area contributed by atoms with Crippen LogP contribution in [-0.2, 0) is 0 Å². The van der Waals surface area contributed by atoms with Crippen molar-refractivity contribution in [2.45, 2.75) is 25.8 Å². The normalized spacial score (nSPS) is 20.2. The Kier molecular flexibility index (Phi) is 4.83. The van der Waals surface area contributed by atoms with E-state index in [9.17, 15) is 0 Å². The van der Waals surface area contributed by atoms with Gasteiger partial charge in [0.15, 0.2) is 0 Å². The highest BCUT2D eigenvalue weighted by Gasteiger charge is 2.11. The fraction of sp³-hybridized carbons (Fsp3) is 0.571. The standard InChI is InChI=1S/C14H22N2O/c1-12-4-2-6-14(10-12)17-9-8-16-13-5-3-7-15-11-13/h2,4,6,10,13,15-16H,3,5,7-9,11H2,1H3. The molecule has 0 radical (unpaired) electrons. The maximum atomic E-state index is 5.69. The first-order valence-electron chi connectivity index (χ1n) is 6.48. The molecule has 0 spiro atoms. The van der Waals surface area contributed by atoms with Crippen molar-refractivity contribution in [2.75, 3.05) is 26.2 Å². The van der Waals surface area contributed by atoms with Crippen molar-refractivity contribution in [3.63, 3.8) is 0 Å². The van der Waals surface area contributed by atoms with E-state index in [4.69, 9.17) is 4.74 Å². The molecule has 0 bridgehead atoms. The van der Waals surface area contributed by atoms with Crippen molar-refractivity contribution in [2.24, 2.45) is 0 Å². The molecule has 0 saturated carbocycles. The summed E-state index contributed by atoms with van der Waals surface area (Å²) in [5.41, 5.74) is 1.24. The Labute approximate surface area is 104 Å². The van der Waals surface area contributed by atoms with Gasteiger partial charge >= 0.3 is 0 Å². The summed E-state index contributed by atoms with van der Waals surface area (Å²) in [6, 6.07) is 8.81. The second-order valence-corrected chi connectivity index (χ2v) is 4.66. The molecule has 94 valence electrons. The quantitative estimate of drug-likeness (QED) is 0.761. The highest BCUT2D eigenvalue weighted by Crippen LogP contribution is 2.11. The number of nitrogens with one attached hydrogen (secondary N) is 2. The van der Waals surface area contributed by atoms with Gasteiger partial charge in [-0.25, -0.2) is 0 Å². The summed E-state index contributed by atoms with van der Waals surface area (Å²) in [5, 5.41) is 6.92. The molecule has 0 aliphatic carbocycles. The Morgan fingerprint density at radius 2 is 2.41 bits per heavy atom. The van der Waals surface area contributed by atoms with Gasteiger partial charge in [0, 0.05) is 19.1 Å². The van der Waals surface area contributed by atoms with Gasteiger partial charge in [-0.1, -0.05) is 12.1 Å². The number of hydrogen-bond acceptors (Lipinski definition) is 3. The van der Waals surface area contributed by atoms with E-state index in [1.54, 1.807) is 0 Å². The maximum absolute atomic E-state index is 5.69. The highest BCUT2D eigenvalue weighted by molar-refractivity contribution is 5.27. The molecule has 2 rings (SSSR count). The molecule has 1 aliphatic heterocycles. The Balaban J connectivity index is 1.62. The first-order chi connectivity index (χ1) is 8.34. The monoisotopic (exact) mass is 234 g/mol. The summed E-state index contributed by atoms with van der Waals surface area (Å²) in [7, 11) is 0. The van der Waals surface area contributed by atoms with Crippen LogP contribution in [0.25, 0.3) is 0 Å². The molecule has 1 aromatic rings. The predicted octanol–water partition coefficient (Wildman–Crippen LogP) is 1.72. The molecular weight excluding hydrogens is 212 g/mol. The number of benzene rings is 1. The molecule has 1 fully saturated rings. The van der Waals surface area contributed by atoms with Gasteiger partial charge in [0.1, 0.15) is 12.4 Å². The second kappa shape index (κ2) is 6.62. The molecule has 1 aliphatic rings. The van der Waals surface area contributed by atoms with Gasteiger partial charge in [0.25, 0.3) is 0 Å². The van der Waals surface area contributed by atoms with Gasteiger partial charge in [0.2, 0.25) is 0 Å². The molecule has 2 N–H and O–H groups in total. The van der Waals surface area contributed by atoms with Gasteiger partial charge in [-0.2, -0.15) is 0 Å². The van der Waals surface area contributed by atoms with Crippen molar-refractivity contribution in [1.82, 2.24) is 10.6 Å². The Morgan fingerprint density at radius 1 is 1.47 bits per heavy atom. The van der Waals surface area contributed by atoms with E-state index < -0.39 is 0 Å². The van der Waals surface area contributed by atoms with Crippen molar-refractivity contribution < 1.29 is 4.74 Å². The minimum Gasteiger partial charge on any atom is -0.492 e. The zero-order chi connectivity index (χ0) is 11.9. The van der Waals surface area contributed by atoms with E-state index in [-0.39, 0.29) is 0 Å². The first-order valence-corrected chi connectivity index (χ1v) is 6.48. The largest absolute Gasteiger partial charge is 0.492 e. The SMILES string of the molecule is Cc1cccc(OCCNC2CCCNC2)c1. The van der Waals surface area contributed by atoms with Crippen molar-refractivity contribution in [1.29, 1.82) is 0 Å². The highest BCUT2D eigenvalue weighted by atomic mass is 16.5. The predicted molar refractivity (Wildman–Crippen MR) is 70.6 cm³/mol. The lowest BCUT2D eigenvalue weighted by molar-refractivity contribution is 0.293. The molecule has 3 nitrogen and oxygen atoms in total. The molecule has 17 heavy (non-hydrogen) atoms. The zero-order valence-corrected chi connectivity index (χ0v) is 10.5. The molecule has 1 atom stereocenters. The van der Waals surface area contributed by atoms with Crippen LogP contribution >= 0.6 is 0 Å². The molecular formula is C14H22N2O. The average molecular weight is 234 g/mol. The molecule has 0 aromatic heterocycles. The number of hydrogen-bond donors (Lipinski definition) is 2. The van der Waals surface area contributed by atoms with Crippen LogP contribution in [0.2, 0.25) is 0 Å². The fourth-order valence-electron chi connectivity index (χ4n) is 2.16. The lowest BCUT2D eigenvalue weighted by atomic mass is 10.1. The molecule has 1 saturated heterocycles. The molecule has 3 heteroatoms. The summed E-state index contributed by atoms with van der Waals surface area (Å²) in [6.45, 7) is 5.99. The smallest absolute Gasteiger partial charge is 0.119 e. The lowest BCUT2D eigenvalue weighted by Crippen LogP contribution is -2.44. The third kappa shape index (κ3) is 4.36. The van der Waals surface area contributed by atoms with Crippen LogP contribution in [0.3, 0.4) is 0 Å². The third-order valence-electron chi connectivity index (χ3n) is 3.09. The van der Waals surface area contributed by atoms with Crippen molar-refractivity contribution in [3.8, 4) is 5.75 Å². The van der Waals surface area contributed by atoms with Crippen LogP contribution in [0.5, 0.6) is 5.75 Å². The topological polar surface area (TPSA) is 33.3 Å². The number of ether oxygens (including phenoxy) is 1.